The Morgan fingerprint density at radius 2 is 1.96 bits per heavy atom. The van der Waals surface area contributed by atoms with E-state index >= 15 is 0 Å². The second kappa shape index (κ2) is 8.19. The third-order valence-corrected chi connectivity index (χ3v) is 4.39. The normalized spacial score (nSPS) is 11.3. The fraction of sp³-hybridized carbons (Fsp3) is 0.238. The smallest absolute Gasteiger partial charge is 0.312 e. The Morgan fingerprint density at radius 3 is 2.69 bits per heavy atom. The van der Waals surface area contributed by atoms with E-state index in [1.807, 2.05) is 31.2 Å². The number of aryl methyl sites for hydroxylation is 2. The Morgan fingerprint density at radius 1 is 1.19 bits per heavy atom. The Labute approximate surface area is 158 Å². The van der Waals surface area contributed by atoms with Crippen molar-refractivity contribution in [3.8, 4) is 17.4 Å². The number of rotatable bonds is 6. The van der Waals surface area contributed by atoms with Crippen molar-refractivity contribution in [2.45, 2.75) is 33.1 Å². The molecule has 0 amide bonds. The summed E-state index contributed by atoms with van der Waals surface area (Å²) < 4.78 is 5.39. The van der Waals surface area contributed by atoms with Crippen molar-refractivity contribution in [3.63, 3.8) is 0 Å². The average Bonchev–Trinajstić information content (AvgIpc) is 3.02. The number of hydrogen-bond donors (Lipinski definition) is 1. The lowest BCUT2D eigenvalue weighted by Gasteiger charge is -2.00. The van der Waals surface area contributed by atoms with Crippen LogP contribution < -0.4 is 0 Å². The topological polar surface area (TPSA) is 58.6 Å². The standard InChI is InChI=1S/C21H21ClN2O2/c1-3-4-5-15-7-9-16(10-8-15)20-24-19(21(25)26-20)13-23-18-12-17(22)11-6-14(18)2/h6-13,25H,3-5H2,1-2H3. The number of aliphatic imine (C=N–C) groups is 1. The van der Waals surface area contributed by atoms with Gasteiger partial charge in [-0.3, -0.25) is 4.99 Å². The average molecular weight is 369 g/mol. The fourth-order valence-corrected chi connectivity index (χ4v) is 2.75. The molecule has 1 aromatic heterocycles. The first-order chi connectivity index (χ1) is 12.6. The summed E-state index contributed by atoms with van der Waals surface area (Å²) in [5, 5.41) is 10.6. The van der Waals surface area contributed by atoms with Gasteiger partial charge in [0.1, 0.15) is 0 Å². The minimum atomic E-state index is -0.251. The Balaban J connectivity index is 1.80. The molecule has 26 heavy (non-hydrogen) atoms. The molecule has 4 nitrogen and oxygen atoms in total. The van der Waals surface area contributed by atoms with Crippen LogP contribution in [0.1, 0.15) is 36.6 Å². The third-order valence-electron chi connectivity index (χ3n) is 4.15. The first kappa shape index (κ1) is 18.2. The first-order valence-corrected chi connectivity index (χ1v) is 9.04. The molecule has 1 heterocycles. The molecule has 0 aliphatic carbocycles. The summed E-state index contributed by atoms with van der Waals surface area (Å²) in [6, 6.07) is 13.5. The number of unbranched alkanes of at least 4 members (excludes halogenated alkanes) is 1. The second-order valence-corrected chi connectivity index (χ2v) is 6.64. The van der Waals surface area contributed by atoms with Crippen molar-refractivity contribution >= 4 is 23.5 Å². The number of oxazole rings is 1. The lowest BCUT2D eigenvalue weighted by Crippen LogP contribution is -1.86. The van der Waals surface area contributed by atoms with Crippen LogP contribution >= 0.6 is 11.6 Å². The van der Waals surface area contributed by atoms with E-state index in [1.54, 1.807) is 6.07 Å². The van der Waals surface area contributed by atoms with Crippen molar-refractivity contribution in [2.75, 3.05) is 0 Å². The van der Waals surface area contributed by atoms with Crippen LogP contribution in [0.3, 0.4) is 0 Å². The number of benzene rings is 2. The number of halogens is 1. The minimum absolute atomic E-state index is 0.251. The van der Waals surface area contributed by atoms with Crippen molar-refractivity contribution in [1.29, 1.82) is 0 Å². The van der Waals surface area contributed by atoms with Crippen LogP contribution in [0, 0.1) is 6.92 Å². The predicted octanol–water partition coefficient (Wildman–Crippen LogP) is 6.10. The maximum atomic E-state index is 10.0. The first-order valence-electron chi connectivity index (χ1n) is 8.66. The number of aromatic nitrogens is 1. The highest BCUT2D eigenvalue weighted by atomic mass is 35.5. The van der Waals surface area contributed by atoms with Crippen molar-refractivity contribution in [1.82, 2.24) is 4.98 Å². The van der Waals surface area contributed by atoms with E-state index in [1.165, 1.54) is 24.6 Å². The maximum absolute atomic E-state index is 10.0. The quantitative estimate of drug-likeness (QED) is 0.534. The Kier molecular flexibility index (Phi) is 5.74. The van der Waals surface area contributed by atoms with Gasteiger partial charge in [-0.25, -0.2) is 4.98 Å². The van der Waals surface area contributed by atoms with Crippen molar-refractivity contribution in [2.24, 2.45) is 4.99 Å². The van der Waals surface area contributed by atoms with Crippen molar-refractivity contribution < 1.29 is 9.52 Å². The van der Waals surface area contributed by atoms with Crippen LogP contribution in [0.2, 0.25) is 5.02 Å². The molecular formula is C21H21ClN2O2. The van der Waals surface area contributed by atoms with E-state index in [4.69, 9.17) is 16.0 Å². The number of aromatic hydroxyl groups is 1. The molecule has 0 aliphatic rings. The van der Waals surface area contributed by atoms with E-state index in [2.05, 4.69) is 29.0 Å². The van der Waals surface area contributed by atoms with Crippen molar-refractivity contribution in [3.05, 3.63) is 64.3 Å². The molecule has 3 rings (SSSR count). The highest BCUT2D eigenvalue weighted by molar-refractivity contribution is 6.30. The molecule has 0 aliphatic heterocycles. The molecule has 1 N–H and O–H groups in total. The highest BCUT2D eigenvalue weighted by Crippen LogP contribution is 2.27. The largest absolute Gasteiger partial charge is 0.479 e. The Bertz CT molecular complexity index is 914. The Hall–Kier alpha value is -2.59. The summed E-state index contributed by atoms with van der Waals surface area (Å²) in [5.41, 5.74) is 4.09. The molecule has 0 saturated carbocycles. The van der Waals surface area contributed by atoms with Gasteiger partial charge in [0.25, 0.3) is 0 Å². The van der Waals surface area contributed by atoms with Gasteiger partial charge in [-0.2, -0.15) is 0 Å². The molecule has 0 saturated heterocycles. The van der Waals surface area contributed by atoms with E-state index in [0.717, 1.165) is 23.2 Å². The van der Waals surface area contributed by atoms with Crippen LogP contribution in [0.25, 0.3) is 11.5 Å². The molecule has 0 spiro atoms. The van der Waals surface area contributed by atoms with E-state index in [-0.39, 0.29) is 11.6 Å². The highest BCUT2D eigenvalue weighted by Gasteiger charge is 2.12. The third kappa shape index (κ3) is 4.33. The number of hydrogen-bond acceptors (Lipinski definition) is 4. The molecule has 0 radical (unpaired) electrons. The minimum Gasteiger partial charge on any atom is -0.479 e. The predicted molar refractivity (Wildman–Crippen MR) is 106 cm³/mol. The van der Waals surface area contributed by atoms with E-state index in [0.29, 0.717) is 10.9 Å². The fourth-order valence-electron chi connectivity index (χ4n) is 2.58. The molecule has 2 aromatic carbocycles. The summed E-state index contributed by atoms with van der Waals surface area (Å²) >= 11 is 6.00. The molecular weight excluding hydrogens is 348 g/mol. The van der Waals surface area contributed by atoms with Gasteiger partial charge in [0.15, 0.2) is 5.69 Å². The van der Waals surface area contributed by atoms with Gasteiger partial charge < -0.3 is 9.52 Å². The molecule has 5 heteroatoms. The van der Waals surface area contributed by atoms with Gasteiger partial charge >= 0.3 is 5.95 Å². The van der Waals surface area contributed by atoms with Crippen LogP contribution in [-0.2, 0) is 6.42 Å². The molecule has 0 atom stereocenters. The lowest BCUT2D eigenvalue weighted by atomic mass is 10.1. The summed E-state index contributed by atoms with van der Waals surface area (Å²) in [6.45, 7) is 4.12. The zero-order valence-corrected chi connectivity index (χ0v) is 15.6. The SMILES string of the molecule is CCCCc1ccc(-c2nc(C=Nc3cc(Cl)ccc3C)c(O)o2)cc1. The summed E-state index contributed by atoms with van der Waals surface area (Å²) in [7, 11) is 0. The molecule has 0 bridgehead atoms. The van der Waals surface area contributed by atoms with E-state index in [9.17, 15) is 5.11 Å². The summed E-state index contributed by atoms with van der Waals surface area (Å²) in [4.78, 5) is 8.70. The molecule has 0 unspecified atom stereocenters. The van der Waals surface area contributed by atoms with Gasteiger partial charge in [-0.15, -0.1) is 0 Å². The van der Waals surface area contributed by atoms with E-state index < -0.39 is 0 Å². The van der Waals surface area contributed by atoms with Gasteiger partial charge in [-0.05, 0) is 55.2 Å². The van der Waals surface area contributed by atoms with Crippen LogP contribution in [0.4, 0.5) is 5.69 Å². The van der Waals surface area contributed by atoms with Crippen LogP contribution in [-0.4, -0.2) is 16.3 Å². The maximum Gasteiger partial charge on any atom is 0.312 e. The monoisotopic (exact) mass is 368 g/mol. The lowest BCUT2D eigenvalue weighted by molar-refractivity contribution is 0.337. The molecule has 134 valence electrons. The summed E-state index contributed by atoms with van der Waals surface area (Å²) in [5.74, 6) is 0.118. The molecule has 3 aromatic rings. The van der Waals surface area contributed by atoms with Crippen LogP contribution in [0.15, 0.2) is 51.9 Å². The van der Waals surface area contributed by atoms with Gasteiger partial charge in [0, 0.05) is 10.6 Å². The van der Waals surface area contributed by atoms with Gasteiger partial charge in [0.2, 0.25) is 5.89 Å². The zero-order valence-electron chi connectivity index (χ0n) is 14.9. The van der Waals surface area contributed by atoms with Gasteiger partial charge in [-0.1, -0.05) is 43.1 Å². The van der Waals surface area contributed by atoms with Gasteiger partial charge in [0.05, 0.1) is 11.9 Å². The number of nitrogens with zero attached hydrogens (tertiary/aromatic N) is 2. The zero-order chi connectivity index (χ0) is 18.5. The van der Waals surface area contributed by atoms with Crippen LogP contribution in [0.5, 0.6) is 5.95 Å². The second-order valence-electron chi connectivity index (χ2n) is 6.20. The summed E-state index contributed by atoms with van der Waals surface area (Å²) in [6.07, 6.45) is 4.88. The molecule has 0 fully saturated rings.